The molecular weight excluding hydrogens is 244 g/mol. The highest BCUT2D eigenvalue weighted by atomic mass is 32.2. The Bertz CT molecular complexity index is 542. The molecule has 90 valence electrons. The number of carbonyl (C=O) groups excluding carboxylic acids is 1. The summed E-state index contributed by atoms with van der Waals surface area (Å²) in [5.74, 6) is -2.97. The molecule has 0 radical (unpaired) electrons. The summed E-state index contributed by atoms with van der Waals surface area (Å²) in [6, 6.07) is 8.09. The monoisotopic (exact) mass is 254 g/mol. The molecule has 5 nitrogen and oxygen atoms in total. The summed E-state index contributed by atoms with van der Waals surface area (Å²) < 4.78 is 22.3. The van der Waals surface area contributed by atoms with E-state index in [0.29, 0.717) is 11.0 Å². The Labute approximate surface area is 98.3 Å². The fraction of sp³-hybridized carbons (Fsp3) is 0.0909. The number of ketones is 1. The van der Waals surface area contributed by atoms with Gasteiger partial charge in [-0.1, -0.05) is 30.3 Å². The number of hydrogen-bond donors (Lipinski definition) is 1. The molecule has 0 saturated carbocycles. The quantitative estimate of drug-likeness (QED) is 0.622. The number of aliphatic carboxylic acids is 1. The maximum atomic E-state index is 11.5. The largest absolute Gasteiger partial charge is 0.480 e. The van der Waals surface area contributed by atoms with Crippen molar-refractivity contribution in [1.82, 2.24) is 0 Å². The van der Waals surface area contributed by atoms with Crippen LogP contribution in [0.25, 0.3) is 0 Å². The predicted molar refractivity (Wildman–Crippen MR) is 61.3 cm³/mol. The second-order valence-corrected chi connectivity index (χ2v) is 5.12. The lowest BCUT2D eigenvalue weighted by Gasteiger charge is -1.95. The SMILES string of the molecule is O=C(O)CS(=O)(=O)C=CC(=O)c1ccccc1. The van der Waals surface area contributed by atoms with E-state index in [2.05, 4.69) is 0 Å². The lowest BCUT2D eigenvalue weighted by Crippen LogP contribution is -2.12. The minimum atomic E-state index is -3.88. The lowest BCUT2D eigenvalue weighted by atomic mass is 10.1. The molecule has 0 heterocycles. The maximum Gasteiger partial charge on any atom is 0.319 e. The Balaban J connectivity index is 2.79. The van der Waals surface area contributed by atoms with Gasteiger partial charge >= 0.3 is 5.97 Å². The van der Waals surface area contributed by atoms with E-state index in [4.69, 9.17) is 5.11 Å². The third kappa shape index (κ3) is 4.60. The third-order valence-corrected chi connectivity index (χ3v) is 3.01. The minimum Gasteiger partial charge on any atom is -0.480 e. The van der Waals surface area contributed by atoms with Crippen LogP contribution < -0.4 is 0 Å². The van der Waals surface area contributed by atoms with Gasteiger partial charge in [-0.25, -0.2) is 8.42 Å². The molecule has 6 heteroatoms. The molecule has 1 rings (SSSR count). The molecule has 0 atom stereocenters. The molecule has 17 heavy (non-hydrogen) atoms. The zero-order valence-electron chi connectivity index (χ0n) is 8.74. The van der Waals surface area contributed by atoms with Crippen molar-refractivity contribution < 1.29 is 23.1 Å². The van der Waals surface area contributed by atoms with Crippen LogP contribution >= 0.6 is 0 Å². The molecule has 0 aliphatic rings. The smallest absolute Gasteiger partial charge is 0.319 e. The van der Waals surface area contributed by atoms with E-state index < -0.39 is 27.3 Å². The average Bonchev–Trinajstić information content (AvgIpc) is 2.25. The van der Waals surface area contributed by atoms with Gasteiger partial charge in [-0.15, -0.1) is 0 Å². The number of sulfone groups is 1. The molecular formula is C11H10O5S. The predicted octanol–water partition coefficient (Wildman–Crippen LogP) is 0.882. The van der Waals surface area contributed by atoms with Gasteiger partial charge in [0.1, 0.15) is 0 Å². The van der Waals surface area contributed by atoms with E-state index in [0.717, 1.165) is 6.08 Å². The van der Waals surface area contributed by atoms with Gasteiger partial charge in [-0.2, -0.15) is 0 Å². The van der Waals surface area contributed by atoms with Gasteiger partial charge in [0.05, 0.1) is 0 Å². The van der Waals surface area contributed by atoms with Crippen molar-refractivity contribution >= 4 is 21.6 Å². The first-order chi connectivity index (χ1) is 7.91. The molecule has 0 aliphatic heterocycles. The van der Waals surface area contributed by atoms with Crippen LogP contribution in [-0.2, 0) is 14.6 Å². The Hall–Kier alpha value is -1.95. The highest BCUT2D eigenvalue weighted by molar-refractivity contribution is 7.94. The van der Waals surface area contributed by atoms with E-state index in [1.165, 1.54) is 12.1 Å². The Morgan fingerprint density at radius 3 is 2.29 bits per heavy atom. The van der Waals surface area contributed by atoms with Crippen LogP contribution in [-0.4, -0.2) is 31.0 Å². The number of carboxylic acids is 1. The maximum absolute atomic E-state index is 11.5. The van der Waals surface area contributed by atoms with Crippen molar-refractivity contribution in [2.45, 2.75) is 0 Å². The fourth-order valence-corrected chi connectivity index (χ4v) is 1.86. The van der Waals surface area contributed by atoms with Crippen molar-refractivity contribution in [3.05, 3.63) is 47.4 Å². The van der Waals surface area contributed by atoms with Gasteiger partial charge in [0.15, 0.2) is 21.4 Å². The second kappa shape index (κ2) is 5.40. The van der Waals surface area contributed by atoms with Gasteiger partial charge in [0.2, 0.25) is 0 Å². The summed E-state index contributed by atoms with van der Waals surface area (Å²) in [6.07, 6.45) is 0.855. The molecule has 1 N–H and O–H groups in total. The van der Waals surface area contributed by atoms with Crippen molar-refractivity contribution in [2.24, 2.45) is 0 Å². The van der Waals surface area contributed by atoms with E-state index in [-0.39, 0.29) is 0 Å². The lowest BCUT2D eigenvalue weighted by molar-refractivity contribution is -0.134. The molecule has 0 fully saturated rings. The number of carbonyl (C=O) groups is 2. The summed E-state index contributed by atoms with van der Waals surface area (Å²) >= 11 is 0. The molecule has 0 saturated heterocycles. The molecule has 1 aromatic carbocycles. The Kier molecular flexibility index (Phi) is 4.17. The van der Waals surface area contributed by atoms with Crippen molar-refractivity contribution in [2.75, 3.05) is 5.75 Å². The van der Waals surface area contributed by atoms with Crippen LogP contribution in [0.4, 0.5) is 0 Å². The molecule has 0 spiro atoms. The first-order valence-corrected chi connectivity index (χ1v) is 6.34. The third-order valence-electron chi connectivity index (χ3n) is 1.81. The Morgan fingerprint density at radius 1 is 1.18 bits per heavy atom. The molecule has 1 aromatic rings. The first kappa shape index (κ1) is 13.1. The molecule has 0 aliphatic carbocycles. The van der Waals surface area contributed by atoms with Crippen LogP contribution in [0.5, 0.6) is 0 Å². The van der Waals surface area contributed by atoms with E-state index in [9.17, 15) is 18.0 Å². The number of carboxylic acid groups (broad SMARTS) is 1. The number of rotatable bonds is 5. The summed E-state index contributed by atoms with van der Waals surface area (Å²) in [6.45, 7) is 0. The zero-order valence-corrected chi connectivity index (χ0v) is 9.55. The zero-order chi connectivity index (χ0) is 12.9. The molecule has 0 aromatic heterocycles. The van der Waals surface area contributed by atoms with Crippen LogP contribution in [0.3, 0.4) is 0 Å². The van der Waals surface area contributed by atoms with Crippen LogP contribution in [0.1, 0.15) is 10.4 Å². The van der Waals surface area contributed by atoms with E-state index in [1.807, 2.05) is 0 Å². The average molecular weight is 254 g/mol. The summed E-state index contributed by atoms with van der Waals surface area (Å²) in [7, 11) is -3.88. The van der Waals surface area contributed by atoms with Crippen LogP contribution in [0.15, 0.2) is 41.8 Å². The summed E-state index contributed by atoms with van der Waals surface area (Å²) in [5.41, 5.74) is 0.342. The molecule has 0 amide bonds. The number of allylic oxidation sites excluding steroid dienone is 1. The van der Waals surface area contributed by atoms with Crippen LogP contribution in [0, 0.1) is 0 Å². The highest BCUT2D eigenvalue weighted by Gasteiger charge is 2.12. The summed E-state index contributed by atoms with van der Waals surface area (Å²) in [5, 5.41) is 8.95. The topological polar surface area (TPSA) is 88.5 Å². The van der Waals surface area contributed by atoms with Crippen molar-refractivity contribution in [3.63, 3.8) is 0 Å². The van der Waals surface area contributed by atoms with Crippen LogP contribution in [0.2, 0.25) is 0 Å². The summed E-state index contributed by atoms with van der Waals surface area (Å²) in [4.78, 5) is 21.7. The van der Waals surface area contributed by atoms with Crippen molar-refractivity contribution in [3.8, 4) is 0 Å². The minimum absolute atomic E-state index is 0.342. The second-order valence-electron chi connectivity index (χ2n) is 3.23. The number of hydrogen-bond acceptors (Lipinski definition) is 4. The Morgan fingerprint density at radius 2 is 1.76 bits per heavy atom. The molecule has 0 bridgehead atoms. The first-order valence-electron chi connectivity index (χ1n) is 4.63. The normalized spacial score (nSPS) is 11.5. The fourth-order valence-electron chi connectivity index (χ4n) is 1.08. The molecule has 0 unspecified atom stereocenters. The van der Waals surface area contributed by atoms with Gasteiger partial charge in [-0.05, 0) is 6.08 Å². The number of benzene rings is 1. The standard InChI is InChI=1S/C11H10O5S/c12-10(9-4-2-1-3-5-9)6-7-17(15,16)8-11(13)14/h1-7H,8H2,(H,13,14). The highest BCUT2D eigenvalue weighted by Crippen LogP contribution is 2.02. The van der Waals surface area contributed by atoms with Gasteiger partial charge in [0.25, 0.3) is 0 Å². The van der Waals surface area contributed by atoms with Gasteiger partial charge < -0.3 is 5.11 Å². The van der Waals surface area contributed by atoms with Gasteiger partial charge in [0, 0.05) is 11.0 Å². The van der Waals surface area contributed by atoms with E-state index >= 15 is 0 Å². The van der Waals surface area contributed by atoms with Gasteiger partial charge in [-0.3, -0.25) is 9.59 Å². The van der Waals surface area contributed by atoms with E-state index in [1.54, 1.807) is 18.2 Å². The van der Waals surface area contributed by atoms with Crippen molar-refractivity contribution in [1.29, 1.82) is 0 Å².